The second-order valence-corrected chi connectivity index (χ2v) is 6.85. The third kappa shape index (κ3) is 6.11. The highest BCUT2D eigenvalue weighted by Crippen LogP contribution is 2.17. The average Bonchev–Trinajstić information content (AvgIpc) is 3.31. The smallest absolute Gasteiger partial charge is 0.355 e. The molecular weight excluding hydrogens is 396 g/mol. The predicted octanol–water partition coefficient (Wildman–Crippen LogP) is 2.20. The number of imidazole rings is 1. The first-order chi connectivity index (χ1) is 14.0. The maximum absolute atomic E-state index is 12.1. The molecule has 0 fully saturated rings. The number of amides is 1. The molecule has 0 unspecified atom stereocenters. The zero-order valence-corrected chi connectivity index (χ0v) is 16.7. The SMILES string of the molecule is CCc1nc2ccccc2n1CCC(=O)NCCc1nc(C(=O)O)cs1.O=CO. The number of para-hydroxylation sites is 2. The summed E-state index contributed by atoms with van der Waals surface area (Å²) in [6, 6.07) is 7.92. The van der Waals surface area contributed by atoms with E-state index in [1.165, 1.54) is 16.7 Å². The normalized spacial score (nSPS) is 10.2. The fraction of sp³-hybridized carbons (Fsp3) is 0.316. The highest BCUT2D eigenvalue weighted by atomic mass is 32.1. The molecule has 0 saturated carbocycles. The third-order valence-corrected chi connectivity index (χ3v) is 4.95. The molecule has 29 heavy (non-hydrogen) atoms. The topological polar surface area (TPSA) is 134 Å². The van der Waals surface area contributed by atoms with Gasteiger partial charge in [-0.05, 0) is 12.1 Å². The molecule has 3 rings (SSSR count). The molecule has 0 atom stereocenters. The molecule has 3 N–H and O–H groups in total. The molecule has 2 aromatic heterocycles. The minimum atomic E-state index is -1.03. The van der Waals surface area contributed by atoms with E-state index in [1.807, 2.05) is 24.3 Å². The van der Waals surface area contributed by atoms with Crippen LogP contribution in [0.2, 0.25) is 0 Å². The summed E-state index contributed by atoms with van der Waals surface area (Å²) in [5.41, 5.74) is 2.04. The van der Waals surface area contributed by atoms with Gasteiger partial charge >= 0.3 is 5.97 Å². The maximum Gasteiger partial charge on any atom is 0.355 e. The summed E-state index contributed by atoms with van der Waals surface area (Å²) in [5.74, 6) is -0.0985. The number of aryl methyl sites for hydroxylation is 2. The van der Waals surface area contributed by atoms with Crippen LogP contribution in [-0.4, -0.2) is 49.6 Å². The fourth-order valence-corrected chi connectivity index (χ4v) is 3.55. The number of benzene rings is 1. The zero-order valence-electron chi connectivity index (χ0n) is 15.9. The first-order valence-electron chi connectivity index (χ1n) is 8.96. The summed E-state index contributed by atoms with van der Waals surface area (Å²) in [4.78, 5) is 39.9. The highest BCUT2D eigenvalue weighted by Gasteiger charge is 2.11. The van der Waals surface area contributed by atoms with E-state index in [9.17, 15) is 9.59 Å². The van der Waals surface area contributed by atoms with Crippen molar-refractivity contribution in [1.29, 1.82) is 0 Å². The van der Waals surface area contributed by atoms with Crippen molar-refractivity contribution in [1.82, 2.24) is 19.9 Å². The van der Waals surface area contributed by atoms with Crippen molar-refractivity contribution in [2.24, 2.45) is 0 Å². The van der Waals surface area contributed by atoms with Gasteiger partial charge in [0.2, 0.25) is 5.91 Å². The van der Waals surface area contributed by atoms with Crippen LogP contribution in [0.1, 0.15) is 34.7 Å². The lowest BCUT2D eigenvalue weighted by atomic mass is 10.3. The van der Waals surface area contributed by atoms with Gasteiger partial charge in [-0.25, -0.2) is 14.8 Å². The molecule has 0 aliphatic carbocycles. The quantitative estimate of drug-likeness (QED) is 0.477. The van der Waals surface area contributed by atoms with E-state index in [-0.39, 0.29) is 18.1 Å². The number of rotatable bonds is 8. The fourth-order valence-electron chi connectivity index (χ4n) is 2.78. The predicted molar refractivity (Wildman–Crippen MR) is 108 cm³/mol. The van der Waals surface area contributed by atoms with Gasteiger partial charge in [0.05, 0.1) is 16.0 Å². The van der Waals surface area contributed by atoms with Gasteiger partial charge in [-0.1, -0.05) is 19.1 Å². The van der Waals surface area contributed by atoms with Gasteiger partial charge < -0.3 is 20.1 Å². The Kier molecular flexibility index (Phi) is 8.28. The lowest BCUT2D eigenvalue weighted by Crippen LogP contribution is -2.26. The Labute approximate surface area is 171 Å². The summed E-state index contributed by atoms with van der Waals surface area (Å²) < 4.78 is 2.09. The van der Waals surface area contributed by atoms with Crippen LogP contribution in [0.15, 0.2) is 29.6 Å². The molecule has 0 aliphatic rings. The molecule has 0 aliphatic heterocycles. The molecule has 0 spiro atoms. The Morgan fingerprint density at radius 3 is 2.66 bits per heavy atom. The van der Waals surface area contributed by atoms with E-state index in [0.717, 1.165) is 23.3 Å². The Morgan fingerprint density at radius 1 is 1.28 bits per heavy atom. The van der Waals surface area contributed by atoms with Crippen molar-refractivity contribution in [3.8, 4) is 0 Å². The summed E-state index contributed by atoms with van der Waals surface area (Å²) in [6.07, 6.45) is 1.70. The highest BCUT2D eigenvalue weighted by molar-refractivity contribution is 7.09. The zero-order chi connectivity index (χ0) is 21.2. The largest absolute Gasteiger partial charge is 0.483 e. The Hall–Kier alpha value is -3.27. The Morgan fingerprint density at radius 2 is 2.00 bits per heavy atom. The number of carboxylic acids is 1. The second-order valence-electron chi connectivity index (χ2n) is 5.91. The van der Waals surface area contributed by atoms with Gasteiger partial charge in [-0.15, -0.1) is 11.3 Å². The van der Waals surface area contributed by atoms with Crippen molar-refractivity contribution in [3.05, 3.63) is 46.2 Å². The van der Waals surface area contributed by atoms with Gasteiger partial charge in [-0.2, -0.15) is 0 Å². The number of carbonyl (C=O) groups is 3. The summed E-state index contributed by atoms with van der Waals surface area (Å²) >= 11 is 1.29. The number of carbonyl (C=O) groups excluding carboxylic acids is 1. The van der Waals surface area contributed by atoms with Gasteiger partial charge in [-0.3, -0.25) is 9.59 Å². The van der Waals surface area contributed by atoms with Crippen molar-refractivity contribution in [2.45, 2.75) is 32.7 Å². The lowest BCUT2D eigenvalue weighted by Gasteiger charge is -2.08. The Balaban J connectivity index is 0.000000941. The number of aromatic nitrogens is 3. The van der Waals surface area contributed by atoms with E-state index in [4.69, 9.17) is 15.0 Å². The van der Waals surface area contributed by atoms with Crippen molar-refractivity contribution >= 4 is 40.7 Å². The third-order valence-electron chi connectivity index (χ3n) is 4.04. The molecule has 1 aromatic carbocycles. The first kappa shape index (κ1) is 22.0. The van der Waals surface area contributed by atoms with Crippen LogP contribution in [0.3, 0.4) is 0 Å². The number of thiazole rings is 1. The molecule has 154 valence electrons. The van der Waals surface area contributed by atoms with Crippen LogP contribution in [0.5, 0.6) is 0 Å². The van der Waals surface area contributed by atoms with Gasteiger partial charge in [0.15, 0.2) is 5.69 Å². The van der Waals surface area contributed by atoms with Crippen LogP contribution in [0.25, 0.3) is 11.0 Å². The number of carboxylic acid groups (broad SMARTS) is 2. The van der Waals surface area contributed by atoms with Crippen LogP contribution in [-0.2, 0) is 29.0 Å². The molecule has 0 radical (unpaired) electrons. The molecule has 10 heteroatoms. The molecule has 9 nitrogen and oxygen atoms in total. The molecule has 0 saturated heterocycles. The van der Waals surface area contributed by atoms with Crippen LogP contribution in [0.4, 0.5) is 0 Å². The van der Waals surface area contributed by atoms with Crippen LogP contribution >= 0.6 is 11.3 Å². The van der Waals surface area contributed by atoms with Gasteiger partial charge in [0.1, 0.15) is 5.82 Å². The maximum atomic E-state index is 12.1. The first-order valence-corrected chi connectivity index (χ1v) is 9.84. The minimum Gasteiger partial charge on any atom is -0.483 e. The summed E-state index contributed by atoms with van der Waals surface area (Å²) in [5, 5.41) is 20.8. The van der Waals surface area contributed by atoms with E-state index >= 15 is 0 Å². The molecule has 3 aromatic rings. The number of hydrogen-bond acceptors (Lipinski definition) is 6. The number of hydrogen-bond donors (Lipinski definition) is 3. The van der Waals surface area contributed by atoms with Crippen molar-refractivity contribution < 1.29 is 24.6 Å². The van der Waals surface area contributed by atoms with E-state index in [1.54, 1.807) is 0 Å². The average molecular weight is 418 g/mol. The lowest BCUT2D eigenvalue weighted by molar-refractivity contribution is -0.123. The van der Waals surface area contributed by atoms with E-state index < -0.39 is 5.97 Å². The molecule has 0 bridgehead atoms. The number of aromatic carboxylic acids is 1. The second kappa shape index (κ2) is 10.9. The van der Waals surface area contributed by atoms with Crippen LogP contribution in [0, 0.1) is 0 Å². The monoisotopic (exact) mass is 418 g/mol. The van der Waals surface area contributed by atoms with E-state index in [0.29, 0.717) is 30.9 Å². The van der Waals surface area contributed by atoms with Crippen molar-refractivity contribution in [3.63, 3.8) is 0 Å². The summed E-state index contributed by atoms with van der Waals surface area (Å²) in [7, 11) is 0. The number of fused-ring (bicyclic) bond motifs is 1. The van der Waals surface area contributed by atoms with Crippen LogP contribution < -0.4 is 5.32 Å². The molecule has 2 heterocycles. The van der Waals surface area contributed by atoms with Gasteiger partial charge in [0, 0.05) is 37.7 Å². The number of nitrogens with one attached hydrogen (secondary N) is 1. The summed E-state index contributed by atoms with van der Waals surface area (Å²) in [6.45, 7) is 2.82. The van der Waals surface area contributed by atoms with Crippen molar-refractivity contribution in [2.75, 3.05) is 6.54 Å². The van der Waals surface area contributed by atoms with Gasteiger partial charge in [0.25, 0.3) is 6.47 Å². The minimum absolute atomic E-state index is 0.0418. The standard InChI is InChI=1S/C18H20N4O3S.CH2O2/c1-2-15-20-12-5-3-4-6-14(12)22(15)10-8-16(23)19-9-7-17-21-13(11-26-17)18(24)25;2-1-3/h3-6,11H,2,7-10H2,1H3,(H,19,23)(H,24,25);1H,(H,2,3). The van der Waals surface area contributed by atoms with E-state index in [2.05, 4.69) is 26.8 Å². The Bertz CT molecular complexity index is 982. The number of nitrogens with zero attached hydrogens (tertiary/aromatic N) is 3. The molecular formula is C19H22N4O5S. The molecule has 1 amide bonds.